The molecule has 16 heavy (non-hydrogen) atoms. The molecule has 1 aromatic rings. The number of ether oxygens (including phenoxy) is 1. The normalized spacial score (nSPS) is 11.5. The van der Waals surface area contributed by atoms with Gasteiger partial charge in [0.1, 0.15) is 6.61 Å². The van der Waals surface area contributed by atoms with Crippen LogP contribution in [0.1, 0.15) is 26.3 Å². The average Bonchev–Trinajstić information content (AvgIpc) is 2.14. The van der Waals surface area contributed by atoms with Crippen LogP contribution in [0.25, 0.3) is 0 Å². The first kappa shape index (κ1) is 13.4. The number of Topliss-reactive ketones (excluding diaryl/α,β-unsaturated/α-hetero) is 1. The highest BCUT2D eigenvalue weighted by Gasteiger charge is 2.13. The molecule has 0 saturated heterocycles. The molecule has 0 bridgehead atoms. The molecule has 0 N–H and O–H groups in total. The number of hydrogen-bond acceptors (Lipinski definition) is 2. The van der Waals surface area contributed by atoms with E-state index in [-0.39, 0.29) is 18.0 Å². The highest BCUT2D eigenvalue weighted by molar-refractivity contribution is 9.10. The van der Waals surface area contributed by atoms with Crippen molar-refractivity contribution in [3.63, 3.8) is 0 Å². The molecule has 0 unspecified atom stereocenters. The number of ketones is 1. The van der Waals surface area contributed by atoms with Gasteiger partial charge < -0.3 is 4.74 Å². The molecule has 0 atom stereocenters. The fourth-order valence-electron chi connectivity index (χ4n) is 1.22. The molecule has 0 aliphatic rings. The van der Waals surface area contributed by atoms with Crippen LogP contribution in [-0.2, 0) is 16.0 Å². The first-order valence-electron chi connectivity index (χ1n) is 5.27. The molecule has 0 fully saturated rings. The van der Waals surface area contributed by atoms with E-state index in [1.807, 2.05) is 45.0 Å². The van der Waals surface area contributed by atoms with E-state index in [1.165, 1.54) is 0 Å². The van der Waals surface area contributed by atoms with Crippen molar-refractivity contribution in [3.8, 4) is 0 Å². The standard InChI is InChI=1S/C13H17BrO2/c1-13(2,3)16-9-12(15)8-10-5-4-6-11(14)7-10/h4-7H,8-9H2,1-3H3. The predicted octanol–water partition coefficient (Wildman–Crippen LogP) is 3.38. The van der Waals surface area contributed by atoms with Crippen LogP contribution in [0.5, 0.6) is 0 Å². The Kier molecular flexibility index (Phi) is 4.69. The highest BCUT2D eigenvalue weighted by atomic mass is 79.9. The van der Waals surface area contributed by atoms with E-state index in [4.69, 9.17) is 4.74 Å². The molecular formula is C13H17BrO2. The van der Waals surface area contributed by atoms with E-state index in [1.54, 1.807) is 0 Å². The van der Waals surface area contributed by atoms with Gasteiger partial charge in [-0.15, -0.1) is 0 Å². The molecule has 2 nitrogen and oxygen atoms in total. The van der Waals surface area contributed by atoms with E-state index >= 15 is 0 Å². The van der Waals surface area contributed by atoms with Crippen LogP contribution in [0.4, 0.5) is 0 Å². The molecule has 0 heterocycles. The fraction of sp³-hybridized carbons (Fsp3) is 0.462. The minimum atomic E-state index is -0.257. The van der Waals surface area contributed by atoms with Gasteiger partial charge in [0.05, 0.1) is 5.60 Å². The largest absolute Gasteiger partial charge is 0.368 e. The Bertz CT molecular complexity index is 366. The van der Waals surface area contributed by atoms with Crippen molar-refractivity contribution in [3.05, 3.63) is 34.3 Å². The van der Waals surface area contributed by atoms with Crippen LogP contribution < -0.4 is 0 Å². The fourth-order valence-corrected chi connectivity index (χ4v) is 1.67. The highest BCUT2D eigenvalue weighted by Crippen LogP contribution is 2.13. The summed E-state index contributed by atoms with van der Waals surface area (Å²) in [6, 6.07) is 7.77. The Morgan fingerprint density at radius 1 is 1.38 bits per heavy atom. The van der Waals surface area contributed by atoms with Gasteiger partial charge in [-0.3, -0.25) is 4.79 Å². The van der Waals surface area contributed by atoms with Gasteiger partial charge in [-0.2, -0.15) is 0 Å². The molecule has 1 rings (SSSR count). The van der Waals surface area contributed by atoms with Gasteiger partial charge in [-0.05, 0) is 38.5 Å². The zero-order valence-electron chi connectivity index (χ0n) is 9.92. The quantitative estimate of drug-likeness (QED) is 0.847. The molecule has 0 amide bonds. The maximum atomic E-state index is 11.6. The second-order valence-electron chi connectivity index (χ2n) is 4.75. The lowest BCUT2D eigenvalue weighted by atomic mass is 10.1. The Hall–Kier alpha value is -0.670. The van der Waals surface area contributed by atoms with Gasteiger partial charge in [0.25, 0.3) is 0 Å². The summed E-state index contributed by atoms with van der Waals surface area (Å²) >= 11 is 3.38. The van der Waals surface area contributed by atoms with Crippen molar-refractivity contribution in [2.75, 3.05) is 6.61 Å². The van der Waals surface area contributed by atoms with Crippen LogP contribution in [0, 0.1) is 0 Å². The lowest BCUT2D eigenvalue weighted by molar-refractivity contribution is -0.127. The van der Waals surface area contributed by atoms with Crippen LogP contribution in [0.15, 0.2) is 28.7 Å². The van der Waals surface area contributed by atoms with Crippen molar-refractivity contribution in [1.29, 1.82) is 0 Å². The number of benzene rings is 1. The number of carbonyl (C=O) groups is 1. The second kappa shape index (κ2) is 5.60. The Balaban J connectivity index is 2.46. The minimum absolute atomic E-state index is 0.105. The average molecular weight is 285 g/mol. The Morgan fingerprint density at radius 3 is 2.62 bits per heavy atom. The van der Waals surface area contributed by atoms with Crippen LogP contribution in [0.3, 0.4) is 0 Å². The van der Waals surface area contributed by atoms with Gasteiger partial charge in [0, 0.05) is 10.9 Å². The predicted molar refractivity (Wildman–Crippen MR) is 68.6 cm³/mol. The SMILES string of the molecule is CC(C)(C)OCC(=O)Cc1cccc(Br)c1. The molecule has 0 radical (unpaired) electrons. The summed E-state index contributed by atoms with van der Waals surface area (Å²) in [5, 5.41) is 0. The lowest BCUT2D eigenvalue weighted by Gasteiger charge is -2.18. The third-order valence-electron chi connectivity index (χ3n) is 1.96. The van der Waals surface area contributed by atoms with Gasteiger partial charge in [0.2, 0.25) is 0 Å². The molecule has 0 aliphatic heterocycles. The van der Waals surface area contributed by atoms with Gasteiger partial charge in [0.15, 0.2) is 5.78 Å². The molecule has 0 aromatic heterocycles. The minimum Gasteiger partial charge on any atom is -0.368 e. The first-order chi connectivity index (χ1) is 7.37. The van der Waals surface area contributed by atoms with Crippen molar-refractivity contribution >= 4 is 21.7 Å². The van der Waals surface area contributed by atoms with E-state index in [0.29, 0.717) is 6.42 Å². The summed E-state index contributed by atoms with van der Waals surface area (Å²) in [6.07, 6.45) is 0.426. The molecule has 0 aliphatic carbocycles. The third kappa shape index (κ3) is 5.42. The maximum Gasteiger partial charge on any atom is 0.162 e. The van der Waals surface area contributed by atoms with Crippen molar-refractivity contribution < 1.29 is 9.53 Å². The number of halogens is 1. The Morgan fingerprint density at radius 2 is 2.06 bits per heavy atom. The van der Waals surface area contributed by atoms with Crippen LogP contribution in [0.2, 0.25) is 0 Å². The molecule has 1 aromatic carbocycles. The monoisotopic (exact) mass is 284 g/mol. The van der Waals surface area contributed by atoms with E-state index in [0.717, 1.165) is 10.0 Å². The zero-order chi connectivity index (χ0) is 12.2. The summed E-state index contributed by atoms with van der Waals surface area (Å²) in [5.41, 5.74) is 0.754. The van der Waals surface area contributed by atoms with Gasteiger partial charge in [-0.25, -0.2) is 0 Å². The van der Waals surface area contributed by atoms with E-state index < -0.39 is 0 Å². The first-order valence-corrected chi connectivity index (χ1v) is 6.06. The van der Waals surface area contributed by atoms with Crippen molar-refractivity contribution in [2.45, 2.75) is 32.8 Å². The van der Waals surface area contributed by atoms with Gasteiger partial charge in [-0.1, -0.05) is 28.1 Å². The summed E-state index contributed by atoms with van der Waals surface area (Å²) in [6.45, 7) is 6.01. The van der Waals surface area contributed by atoms with Crippen molar-refractivity contribution in [2.24, 2.45) is 0 Å². The number of carbonyl (C=O) groups excluding carboxylic acids is 1. The topological polar surface area (TPSA) is 26.3 Å². The lowest BCUT2D eigenvalue weighted by Crippen LogP contribution is -2.24. The number of rotatable bonds is 4. The van der Waals surface area contributed by atoms with E-state index in [2.05, 4.69) is 15.9 Å². The summed E-state index contributed by atoms with van der Waals surface area (Å²) in [7, 11) is 0. The van der Waals surface area contributed by atoms with Crippen molar-refractivity contribution in [1.82, 2.24) is 0 Å². The molecule has 0 spiro atoms. The zero-order valence-corrected chi connectivity index (χ0v) is 11.5. The maximum absolute atomic E-state index is 11.6. The molecule has 88 valence electrons. The molecule has 3 heteroatoms. The second-order valence-corrected chi connectivity index (χ2v) is 5.66. The Labute approximate surface area is 105 Å². The number of hydrogen-bond donors (Lipinski definition) is 0. The smallest absolute Gasteiger partial charge is 0.162 e. The van der Waals surface area contributed by atoms with Crippen LogP contribution >= 0.6 is 15.9 Å². The molecule has 0 saturated carbocycles. The van der Waals surface area contributed by atoms with E-state index in [9.17, 15) is 4.79 Å². The summed E-state index contributed by atoms with van der Waals surface area (Å²) in [4.78, 5) is 11.6. The third-order valence-corrected chi connectivity index (χ3v) is 2.45. The molecular weight excluding hydrogens is 268 g/mol. The van der Waals surface area contributed by atoms with Crippen LogP contribution in [-0.4, -0.2) is 18.0 Å². The summed E-state index contributed by atoms with van der Waals surface area (Å²) in [5.74, 6) is 0.105. The summed E-state index contributed by atoms with van der Waals surface area (Å²) < 4.78 is 6.43. The van der Waals surface area contributed by atoms with Gasteiger partial charge >= 0.3 is 0 Å².